The summed E-state index contributed by atoms with van der Waals surface area (Å²) in [6.07, 6.45) is 0. The highest BCUT2D eigenvalue weighted by Crippen LogP contribution is 2.36. The standard InChI is InChI=1S/C18H4B7BrS/c19-10-7(5-2-1-3-6(26)4-5)17-8(11(20)13(10)22)9-12(21)14(23)15(24)16(25)18(9)27-17/h1-4H. The third kappa shape index (κ3) is 2.73. The molecule has 0 amide bonds. The Hall–Kier alpha value is -1.19. The van der Waals surface area contributed by atoms with Crippen molar-refractivity contribution in [1.29, 1.82) is 0 Å². The number of thiophene rings is 1. The highest BCUT2D eigenvalue weighted by atomic mass is 79.9. The van der Waals surface area contributed by atoms with Gasteiger partial charge in [0.15, 0.2) is 0 Å². The van der Waals surface area contributed by atoms with Crippen molar-refractivity contribution in [2.24, 2.45) is 0 Å². The Morgan fingerprint density at radius 2 is 1.19 bits per heavy atom. The van der Waals surface area contributed by atoms with E-state index in [0.29, 0.717) is 42.8 Å². The normalized spacial score (nSPS) is 11.4. The van der Waals surface area contributed by atoms with E-state index in [1.54, 1.807) is 0 Å². The van der Waals surface area contributed by atoms with Crippen LogP contribution in [-0.2, 0) is 0 Å². The van der Waals surface area contributed by atoms with Gasteiger partial charge in [-0.2, -0.15) is 0 Å². The average molecular weight is 408 g/mol. The van der Waals surface area contributed by atoms with Gasteiger partial charge >= 0.3 is 0 Å². The van der Waals surface area contributed by atoms with Crippen LogP contribution in [0, 0.1) is 0 Å². The summed E-state index contributed by atoms with van der Waals surface area (Å²) in [5.41, 5.74) is 3.91. The summed E-state index contributed by atoms with van der Waals surface area (Å²) in [5.74, 6) is 0. The smallest absolute Gasteiger partial charge is 0.114 e. The van der Waals surface area contributed by atoms with E-state index >= 15 is 0 Å². The number of fused-ring (bicyclic) bond motifs is 3. The van der Waals surface area contributed by atoms with Crippen molar-refractivity contribution in [3.05, 3.63) is 28.7 Å². The molecule has 0 bridgehead atoms. The van der Waals surface area contributed by atoms with Crippen LogP contribution in [0.25, 0.3) is 31.3 Å². The minimum atomic E-state index is 0.235. The minimum Gasteiger partial charge on any atom is -0.135 e. The molecule has 0 saturated carbocycles. The molecule has 0 atom stereocenters. The van der Waals surface area contributed by atoms with Crippen LogP contribution < -0.4 is 38.2 Å². The van der Waals surface area contributed by atoms with Crippen molar-refractivity contribution >= 4 is 141 Å². The Bertz CT molecular complexity index is 1260. The molecule has 0 aliphatic carbocycles. The van der Waals surface area contributed by atoms with E-state index in [-0.39, 0.29) is 10.9 Å². The first-order valence-corrected chi connectivity index (χ1v) is 9.55. The fourth-order valence-electron chi connectivity index (χ4n) is 3.33. The topological polar surface area (TPSA) is 0 Å². The molecular weight excluding hydrogens is 404 g/mol. The second kappa shape index (κ2) is 6.70. The number of hydrogen-bond donors (Lipinski definition) is 0. The van der Waals surface area contributed by atoms with Crippen molar-refractivity contribution in [3.8, 4) is 11.1 Å². The predicted molar refractivity (Wildman–Crippen MR) is 130 cm³/mol. The molecule has 110 valence electrons. The zero-order chi connectivity index (χ0) is 19.6. The lowest BCUT2D eigenvalue weighted by Gasteiger charge is -2.17. The maximum Gasteiger partial charge on any atom is 0.114 e. The molecule has 0 N–H and O–H groups in total. The summed E-state index contributed by atoms with van der Waals surface area (Å²) in [5, 5.41) is 1.34. The van der Waals surface area contributed by atoms with Gasteiger partial charge in [0.25, 0.3) is 0 Å². The molecule has 0 aliphatic rings. The fraction of sp³-hybridized carbons (Fsp3) is 0. The Labute approximate surface area is 179 Å². The molecule has 3 aromatic carbocycles. The summed E-state index contributed by atoms with van der Waals surface area (Å²) in [6.45, 7) is 0. The first-order chi connectivity index (χ1) is 12.7. The molecule has 9 heteroatoms. The number of benzene rings is 3. The molecule has 0 nitrogen and oxygen atoms in total. The summed E-state index contributed by atoms with van der Waals surface area (Å²) in [4.78, 5) is 0. The van der Waals surface area contributed by atoms with Gasteiger partial charge in [-0.25, -0.2) is 0 Å². The van der Waals surface area contributed by atoms with Crippen LogP contribution in [-0.4, -0.2) is 54.9 Å². The van der Waals surface area contributed by atoms with Gasteiger partial charge in [0.2, 0.25) is 0 Å². The van der Waals surface area contributed by atoms with E-state index in [9.17, 15) is 0 Å². The van der Waals surface area contributed by atoms with Crippen LogP contribution in [0.3, 0.4) is 0 Å². The molecule has 27 heavy (non-hydrogen) atoms. The number of hydrogen-bond acceptors (Lipinski definition) is 1. The third-order valence-corrected chi connectivity index (χ3v) is 6.49. The second-order valence-corrected chi connectivity index (χ2v) is 8.23. The van der Waals surface area contributed by atoms with Gasteiger partial charge < -0.3 is 0 Å². The average Bonchev–Trinajstić information content (AvgIpc) is 3.03. The lowest BCUT2D eigenvalue weighted by Crippen LogP contribution is -2.47. The summed E-state index contributed by atoms with van der Waals surface area (Å²) < 4.78 is 2.45. The first kappa shape index (κ1) is 19.1. The zero-order valence-corrected chi connectivity index (χ0v) is 16.5. The maximum absolute atomic E-state index is 6.36. The van der Waals surface area contributed by atoms with Gasteiger partial charge in [0.1, 0.15) is 54.9 Å². The monoisotopic (exact) mass is 408 g/mol. The SMILES string of the molecule is [B]c1c([B])c([B])c2c(sc3c(-c4cccc(Br)c4)c([B])c([B])c([B])c32)c1[B]. The van der Waals surface area contributed by atoms with Crippen molar-refractivity contribution in [2.75, 3.05) is 0 Å². The Morgan fingerprint density at radius 3 is 1.81 bits per heavy atom. The van der Waals surface area contributed by atoms with Crippen LogP contribution in [0.2, 0.25) is 0 Å². The van der Waals surface area contributed by atoms with E-state index in [2.05, 4.69) is 15.9 Å². The van der Waals surface area contributed by atoms with Crippen LogP contribution in [0.5, 0.6) is 0 Å². The summed E-state index contributed by atoms with van der Waals surface area (Å²) in [6, 6.07) is 7.76. The Balaban J connectivity index is 2.31. The van der Waals surface area contributed by atoms with Crippen LogP contribution in [0.4, 0.5) is 0 Å². The maximum atomic E-state index is 6.36. The third-order valence-electron chi connectivity index (χ3n) is 4.75. The largest absolute Gasteiger partial charge is 0.135 e. The first-order valence-electron chi connectivity index (χ1n) is 7.94. The number of halogens is 1. The van der Waals surface area contributed by atoms with Gasteiger partial charge in [0.05, 0.1) is 0 Å². The highest BCUT2D eigenvalue weighted by molar-refractivity contribution is 9.10. The Kier molecular flexibility index (Phi) is 4.75. The predicted octanol–water partition coefficient (Wildman–Crippen LogP) is -1.96. The summed E-state index contributed by atoms with van der Waals surface area (Å²) in [7, 11) is 43.5. The molecule has 4 rings (SSSR count). The minimum absolute atomic E-state index is 0.235. The Morgan fingerprint density at radius 1 is 0.630 bits per heavy atom. The van der Waals surface area contributed by atoms with E-state index in [1.807, 2.05) is 24.3 Å². The molecular formula is C18H4B7BrS. The van der Waals surface area contributed by atoms with Gasteiger partial charge in [0, 0.05) is 13.9 Å². The van der Waals surface area contributed by atoms with Gasteiger partial charge in [-0.15, -0.1) is 27.7 Å². The van der Waals surface area contributed by atoms with Crippen molar-refractivity contribution in [3.63, 3.8) is 0 Å². The van der Waals surface area contributed by atoms with Crippen LogP contribution in [0.15, 0.2) is 28.7 Å². The molecule has 0 saturated heterocycles. The molecule has 0 fully saturated rings. The highest BCUT2D eigenvalue weighted by Gasteiger charge is 2.20. The summed E-state index contributed by atoms with van der Waals surface area (Å²) >= 11 is 4.91. The molecule has 4 aromatic rings. The molecule has 0 unspecified atom stereocenters. The van der Waals surface area contributed by atoms with E-state index in [1.165, 1.54) is 11.3 Å². The van der Waals surface area contributed by atoms with Crippen LogP contribution >= 0.6 is 27.3 Å². The molecule has 1 aromatic heterocycles. The van der Waals surface area contributed by atoms with Gasteiger partial charge in [-0.1, -0.05) is 49.9 Å². The molecule has 0 spiro atoms. The van der Waals surface area contributed by atoms with E-state index in [0.717, 1.165) is 20.3 Å². The zero-order valence-electron chi connectivity index (χ0n) is 14.1. The van der Waals surface area contributed by atoms with E-state index in [4.69, 9.17) is 54.9 Å². The lowest BCUT2D eigenvalue weighted by atomic mass is 9.64. The van der Waals surface area contributed by atoms with E-state index < -0.39 is 0 Å². The lowest BCUT2D eigenvalue weighted by molar-refractivity contribution is 1.64. The molecule has 0 aliphatic heterocycles. The molecule has 14 radical (unpaired) electrons. The van der Waals surface area contributed by atoms with Crippen molar-refractivity contribution in [2.45, 2.75) is 0 Å². The second-order valence-electron chi connectivity index (χ2n) is 6.29. The van der Waals surface area contributed by atoms with Gasteiger partial charge in [-0.3, -0.25) is 0 Å². The van der Waals surface area contributed by atoms with Crippen molar-refractivity contribution in [1.82, 2.24) is 0 Å². The fourth-order valence-corrected chi connectivity index (χ4v) is 5.11. The van der Waals surface area contributed by atoms with Crippen molar-refractivity contribution < 1.29 is 0 Å². The number of rotatable bonds is 1. The quantitative estimate of drug-likeness (QED) is 0.322. The van der Waals surface area contributed by atoms with Gasteiger partial charge in [-0.05, 0) is 34.0 Å². The van der Waals surface area contributed by atoms with Crippen LogP contribution in [0.1, 0.15) is 0 Å². The molecule has 1 heterocycles.